The van der Waals surface area contributed by atoms with Crippen LogP contribution < -0.4 is 9.47 Å². The van der Waals surface area contributed by atoms with Crippen LogP contribution >= 0.6 is 11.8 Å². The lowest BCUT2D eigenvalue weighted by Gasteiger charge is -2.12. The molecule has 0 saturated heterocycles. The fourth-order valence-electron chi connectivity index (χ4n) is 2.37. The van der Waals surface area contributed by atoms with Gasteiger partial charge in [0.2, 0.25) is 5.16 Å². The summed E-state index contributed by atoms with van der Waals surface area (Å²) in [6.07, 6.45) is 1.59. The van der Waals surface area contributed by atoms with E-state index in [0.717, 1.165) is 5.76 Å². The maximum Gasteiger partial charge on any atom is 0.210 e. The van der Waals surface area contributed by atoms with Gasteiger partial charge in [-0.3, -0.25) is 4.79 Å². The summed E-state index contributed by atoms with van der Waals surface area (Å²) in [5, 5.41) is 11.8. The van der Waals surface area contributed by atoms with Gasteiger partial charge < -0.3 is 13.9 Å². The highest BCUT2D eigenvalue weighted by atomic mass is 32.2. The molecular weight excluding hydrogens is 356 g/mol. The predicted molar refractivity (Wildman–Crippen MR) is 94.8 cm³/mol. The maximum absolute atomic E-state index is 12.8. The molecule has 3 aromatic rings. The molecule has 0 fully saturated rings. The first-order chi connectivity index (χ1) is 12.6. The van der Waals surface area contributed by atoms with Crippen molar-refractivity contribution in [3.8, 4) is 11.5 Å². The molecule has 0 N–H and O–H groups in total. The highest BCUT2D eigenvalue weighted by Gasteiger charge is 2.21. The minimum Gasteiger partial charge on any atom is -0.493 e. The third-order valence-electron chi connectivity index (χ3n) is 3.70. The maximum atomic E-state index is 12.8. The van der Waals surface area contributed by atoms with Crippen LogP contribution in [-0.2, 0) is 6.54 Å². The molecule has 1 unspecified atom stereocenters. The van der Waals surface area contributed by atoms with Gasteiger partial charge in [0.05, 0.1) is 25.7 Å². The van der Waals surface area contributed by atoms with Crippen molar-refractivity contribution in [2.75, 3.05) is 14.2 Å². The van der Waals surface area contributed by atoms with Gasteiger partial charge in [0, 0.05) is 5.56 Å². The number of carbonyl (C=O) groups is 1. The number of hydrogen-bond donors (Lipinski definition) is 0. The zero-order valence-corrected chi connectivity index (χ0v) is 15.4. The molecule has 0 spiro atoms. The summed E-state index contributed by atoms with van der Waals surface area (Å²) in [6, 6.07) is 8.74. The van der Waals surface area contributed by atoms with Gasteiger partial charge in [-0.15, -0.1) is 5.10 Å². The molecular formula is C17H18N4O4S. The molecule has 26 heavy (non-hydrogen) atoms. The Morgan fingerprint density at radius 2 is 2.08 bits per heavy atom. The topological polar surface area (TPSA) is 92.3 Å². The van der Waals surface area contributed by atoms with Gasteiger partial charge in [0.1, 0.15) is 12.3 Å². The second-order valence-corrected chi connectivity index (χ2v) is 6.70. The first kappa shape index (κ1) is 18.0. The van der Waals surface area contributed by atoms with Gasteiger partial charge in [-0.2, -0.15) is 0 Å². The van der Waals surface area contributed by atoms with E-state index in [9.17, 15) is 4.79 Å². The van der Waals surface area contributed by atoms with E-state index in [1.807, 2.05) is 13.0 Å². The smallest absolute Gasteiger partial charge is 0.210 e. The summed E-state index contributed by atoms with van der Waals surface area (Å²) < 4.78 is 17.4. The van der Waals surface area contributed by atoms with Gasteiger partial charge in [-0.05, 0) is 47.7 Å². The number of nitrogens with zero attached hydrogens (tertiary/aromatic N) is 4. The number of tetrazole rings is 1. The molecule has 0 aliphatic rings. The summed E-state index contributed by atoms with van der Waals surface area (Å²) in [6.45, 7) is 2.22. The number of rotatable bonds is 8. The highest BCUT2D eigenvalue weighted by Crippen LogP contribution is 2.30. The number of benzene rings is 1. The Hall–Kier alpha value is -2.81. The van der Waals surface area contributed by atoms with Gasteiger partial charge in [0.15, 0.2) is 17.3 Å². The molecule has 2 aromatic heterocycles. The Labute approximate surface area is 154 Å². The number of carbonyl (C=O) groups excluding carboxylic acids is 1. The summed E-state index contributed by atoms with van der Waals surface area (Å²) in [4.78, 5) is 12.8. The minimum absolute atomic E-state index is 0.0523. The lowest BCUT2D eigenvalue weighted by molar-refractivity contribution is 0.0993. The molecule has 0 saturated carbocycles. The van der Waals surface area contributed by atoms with Crippen LogP contribution in [0.1, 0.15) is 23.0 Å². The van der Waals surface area contributed by atoms with E-state index in [2.05, 4.69) is 15.5 Å². The Balaban J connectivity index is 1.73. The lowest BCUT2D eigenvalue weighted by atomic mass is 10.1. The van der Waals surface area contributed by atoms with E-state index in [1.54, 1.807) is 42.3 Å². The molecule has 0 radical (unpaired) electrons. The first-order valence-corrected chi connectivity index (χ1v) is 8.71. The van der Waals surface area contributed by atoms with Crippen LogP contribution in [-0.4, -0.2) is 45.5 Å². The van der Waals surface area contributed by atoms with Crippen LogP contribution in [0.5, 0.6) is 11.5 Å². The predicted octanol–water partition coefficient (Wildman–Crippen LogP) is 2.70. The number of hydrogen-bond acceptors (Lipinski definition) is 8. The average Bonchev–Trinajstić information content (AvgIpc) is 3.33. The third kappa shape index (κ3) is 3.88. The normalized spacial score (nSPS) is 12.0. The Morgan fingerprint density at radius 1 is 1.27 bits per heavy atom. The minimum atomic E-state index is -0.380. The van der Waals surface area contributed by atoms with Crippen molar-refractivity contribution in [2.45, 2.75) is 23.9 Å². The van der Waals surface area contributed by atoms with Crippen molar-refractivity contribution in [3.05, 3.63) is 47.9 Å². The number of furan rings is 1. The number of ketones is 1. The monoisotopic (exact) mass is 374 g/mol. The van der Waals surface area contributed by atoms with E-state index >= 15 is 0 Å². The van der Waals surface area contributed by atoms with Crippen LogP contribution in [0.2, 0.25) is 0 Å². The Kier molecular flexibility index (Phi) is 5.57. The Morgan fingerprint density at radius 3 is 2.77 bits per heavy atom. The standard InChI is InChI=1S/C17H18N4O4S/c1-11(16(22)12-6-7-14(23-2)15(9-12)24-3)26-17-18-19-20-21(17)10-13-5-4-8-25-13/h4-9,11H,10H2,1-3H3. The second-order valence-electron chi connectivity index (χ2n) is 5.39. The Bertz CT molecular complexity index is 879. The van der Waals surface area contributed by atoms with Gasteiger partial charge in [0.25, 0.3) is 0 Å². The van der Waals surface area contributed by atoms with E-state index in [1.165, 1.54) is 18.9 Å². The summed E-state index contributed by atoms with van der Waals surface area (Å²) in [5.41, 5.74) is 0.535. The van der Waals surface area contributed by atoms with Crippen LogP contribution in [0.3, 0.4) is 0 Å². The van der Waals surface area contributed by atoms with Crippen molar-refractivity contribution >= 4 is 17.5 Å². The number of aromatic nitrogens is 4. The summed E-state index contributed by atoms with van der Waals surface area (Å²) in [5.74, 6) is 1.77. The van der Waals surface area contributed by atoms with E-state index in [4.69, 9.17) is 13.9 Å². The highest BCUT2D eigenvalue weighted by molar-refractivity contribution is 8.00. The zero-order valence-electron chi connectivity index (χ0n) is 14.6. The van der Waals surface area contributed by atoms with Crippen molar-refractivity contribution < 1.29 is 18.7 Å². The second kappa shape index (κ2) is 8.05. The van der Waals surface area contributed by atoms with E-state index in [-0.39, 0.29) is 11.0 Å². The molecule has 0 aliphatic heterocycles. The number of ether oxygens (including phenoxy) is 2. The van der Waals surface area contributed by atoms with Crippen molar-refractivity contribution in [3.63, 3.8) is 0 Å². The zero-order chi connectivity index (χ0) is 18.5. The first-order valence-electron chi connectivity index (χ1n) is 7.83. The van der Waals surface area contributed by atoms with E-state index < -0.39 is 0 Å². The van der Waals surface area contributed by atoms with Gasteiger partial charge >= 0.3 is 0 Å². The molecule has 8 nitrogen and oxygen atoms in total. The molecule has 0 bridgehead atoms. The van der Waals surface area contributed by atoms with Crippen LogP contribution in [0, 0.1) is 0 Å². The summed E-state index contributed by atoms with van der Waals surface area (Å²) >= 11 is 1.29. The lowest BCUT2D eigenvalue weighted by Crippen LogP contribution is -2.15. The molecule has 1 aromatic carbocycles. The molecule has 0 amide bonds. The SMILES string of the molecule is COc1ccc(C(=O)C(C)Sc2nnnn2Cc2ccco2)cc1OC. The number of Topliss-reactive ketones (excluding diaryl/α,β-unsaturated/α-hetero) is 1. The fraction of sp³-hybridized carbons (Fsp3) is 0.294. The quantitative estimate of drug-likeness (QED) is 0.439. The third-order valence-corrected chi connectivity index (χ3v) is 4.78. The average molecular weight is 374 g/mol. The fourth-order valence-corrected chi connectivity index (χ4v) is 3.23. The number of thioether (sulfide) groups is 1. The molecule has 136 valence electrons. The summed E-state index contributed by atoms with van der Waals surface area (Å²) in [7, 11) is 3.09. The van der Waals surface area contributed by atoms with Crippen molar-refractivity contribution in [1.29, 1.82) is 0 Å². The number of methoxy groups -OCH3 is 2. The van der Waals surface area contributed by atoms with Gasteiger partial charge in [-0.25, -0.2) is 4.68 Å². The molecule has 0 aliphatic carbocycles. The molecule has 9 heteroatoms. The molecule has 1 atom stereocenters. The van der Waals surface area contributed by atoms with Crippen molar-refractivity contribution in [1.82, 2.24) is 20.2 Å². The molecule has 2 heterocycles. The van der Waals surface area contributed by atoms with Crippen molar-refractivity contribution in [2.24, 2.45) is 0 Å². The van der Waals surface area contributed by atoms with Crippen LogP contribution in [0.4, 0.5) is 0 Å². The van der Waals surface area contributed by atoms with E-state index in [0.29, 0.717) is 28.8 Å². The van der Waals surface area contributed by atoms with Crippen LogP contribution in [0.15, 0.2) is 46.2 Å². The largest absolute Gasteiger partial charge is 0.493 e. The van der Waals surface area contributed by atoms with Gasteiger partial charge in [-0.1, -0.05) is 11.8 Å². The molecule has 3 rings (SSSR count). The van der Waals surface area contributed by atoms with Crippen LogP contribution in [0.25, 0.3) is 0 Å².